The molecule has 0 amide bonds. The van der Waals surface area contributed by atoms with Crippen LogP contribution >= 0.6 is 11.8 Å². The highest BCUT2D eigenvalue weighted by Gasteiger charge is 2.15. The first-order valence-corrected chi connectivity index (χ1v) is 9.03. The molecule has 24 heavy (non-hydrogen) atoms. The molecule has 0 fully saturated rings. The van der Waals surface area contributed by atoms with Gasteiger partial charge in [-0.05, 0) is 48.6 Å². The summed E-state index contributed by atoms with van der Waals surface area (Å²) in [6, 6.07) is 16.0. The van der Waals surface area contributed by atoms with Gasteiger partial charge in [-0.2, -0.15) is 0 Å². The van der Waals surface area contributed by atoms with Crippen molar-refractivity contribution in [1.82, 2.24) is 14.8 Å². The minimum absolute atomic E-state index is 0.136. The van der Waals surface area contributed by atoms with Crippen LogP contribution in [0.25, 0.3) is 5.69 Å². The molecule has 0 radical (unpaired) electrons. The van der Waals surface area contributed by atoms with Crippen molar-refractivity contribution in [1.29, 1.82) is 0 Å². The van der Waals surface area contributed by atoms with E-state index in [-0.39, 0.29) is 5.78 Å². The smallest absolute Gasteiger partial charge is 0.196 e. The molecule has 3 aromatic rings. The number of para-hydroxylation sites is 1. The zero-order valence-electron chi connectivity index (χ0n) is 13.2. The normalized spacial score (nSPS) is 13.0. The Labute approximate surface area is 144 Å². The van der Waals surface area contributed by atoms with Gasteiger partial charge in [-0.3, -0.25) is 9.36 Å². The Morgan fingerprint density at radius 3 is 2.79 bits per heavy atom. The predicted molar refractivity (Wildman–Crippen MR) is 94.9 cm³/mol. The fourth-order valence-electron chi connectivity index (χ4n) is 3.05. The minimum Gasteiger partial charge on any atom is -0.293 e. The van der Waals surface area contributed by atoms with Crippen LogP contribution in [0.2, 0.25) is 0 Å². The summed E-state index contributed by atoms with van der Waals surface area (Å²) in [5.74, 6) is 0.502. The van der Waals surface area contributed by atoms with Crippen molar-refractivity contribution in [3.63, 3.8) is 0 Å². The lowest BCUT2D eigenvalue weighted by molar-refractivity contribution is 0.102. The first-order valence-electron chi connectivity index (χ1n) is 8.04. The van der Waals surface area contributed by atoms with Gasteiger partial charge in [-0.1, -0.05) is 42.1 Å². The zero-order chi connectivity index (χ0) is 16.4. The quantitative estimate of drug-likeness (QED) is 0.526. The highest BCUT2D eigenvalue weighted by molar-refractivity contribution is 7.99. The third-order valence-corrected chi connectivity index (χ3v) is 5.25. The lowest BCUT2D eigenvalue weighted by Gasteiger charge is -2.06. The summed E-state index contributed by atoms with van der Waals surface area (Å²) in [6.07, 6.45) is 5.10. The molecule has 1 aliphatic rings. The zero-order valence-corrected chi connectivity index (χ0v) is 14.0. The van der Waals surface area contributed by atoms with Gasteiger partial charge in [0.05, 0.1) is 5.75 Å². The average molecular weight is 335 g/mol. The highest BCUT2D eigenvalue weighted by Crippen LogP contribution is 2.25. The number of ketones is 1. The molecular weight excluding hydrogens is 318 g/mol. The van der Waals surface area contributed by atoms with Crippen LogP contribution in [0.3, 0.4) is 0 Å². The monoisotopic (exact) mass is 335 g/mol. The van der Waals surface area contributed by atoms with Gasteiger partial charge >= 0.3 is 0 Å². The molecule has 1 aromatic heterocycles. The Balaban J connectivity index is 1.48. The molecule has 2 aromatic carbocycles. The maximum absolute atomic E-state index is 12.5. The van der Waals surface area contributed by atoms with E-state index in [0.29, 0.717) is 5.75 Å². The van der Waals surface area contributed by atoms with Crippen LogP contribution < -0.4 is 0 Å². The van der Waals surface area contributed by atoms with Crippen molar-refractivity contribution in [2.24, 2.45) is 0 Å². The summed E-state index contributed by atoms with van der Waals surface area (Å²) < 4.78 is 1.90. The van der Waals surface area contributed by atoms with E-state index in [1.165, 1.54) is 29.3 Å². The maximum atomic E-state index is 12.5. The van der Waals surface area contributed by atoms with Crippen molar-refractivity contribution in [2.45, 2.75) is 24.4 Å². The standard InChI is InChI=1S/C19H17N3OS/c23-18(16-10-9-14-5-4-6-15(14)11-16)12-24-19-21-20-13-22(19)17-7-2-1-3-8-17/h1-3,7-11,13H,4-6,12H2. The van der Waals surface area contributed by atoms with E-state index in [0.717, 1.165) is 29.2 Å². The topological polar surface area (TPSA) is 47.8 Å². The second-order valence-corrected chi connectivity index (χ2v) is 6.81. The lowest BCUT2D eigenvalue weighted by Crippen LogP contribution is -2.05. The van der Waals surface area contributed by atoms with E-state index in [1.54, 1.807) is 6.33 Å². The van der Waals surface area contributed by atoms with E-state index < -0.39 is 0 Å². The Morgan fingerprint density at radius 1 is 1.08 bits per heavy atom. The number of benzene rings is 2. The van der Waals surface area contributed by atoms with Gasteiger partial charge in [0, 0.05) is 11.3 Å². The summed E-state index contributed by atoms with van der Waals surface area (Å²) in [6.45, 7) is 0. The SMILES string of the molecule is O=C(CSc1nncn1-c1ccccc1)c1ccc2c(c1)CCC2. The largest absolute Gasteiger partial charge is 0.293 e. The van der Waals surface area contributed by atoms with Crippen LogP contribution in [0, 0.1) is 0 Å². The lowest BCUT2D eigenvalue weighted by atomic mass is 10.0. The summed E-state index contributed by atoms with van der Waals surface area (Å²) in [5, 5.41) is 8.85. The molecule has 1 aliphatic carbocycles. The molecule has 0 aliphatic heterocycles. The maximum Gasteiger partial charge on any atom is 0.196 e. The number of nitrogens with zero attached hydrogens (tertiary/aromatic N) is 3. The molecule has 120 valence electrons. The first-order chi connectivity index (χ1) is 11.8. The molecule has 5 heteroatoms. The molecule has 0 saturated carbocycles. The van der Waals surface area contributed by atoms with Crippen LogP contribution in [-0.4, -0.2) is 26.3 Å². The molecule has 0 spiro atoms. The second kappa shape index (κ2) is 6.61. The van der Waals surface area contributed by atoms with Crippen molar-refractivity contribution >= 4 is 17.5 Å². The van der Waals surface area contributed by atoms with E-state index in [9.17, 15) is 4.79 Å². The molecule has 0 unspecified atom stereocenters. The van der Waals surface area contributed by atoms with Crippen LogP contribution in [0.15, 0.2) is 60.0 Å². The van der Waals surface area contributed by atoms with Gasteiger partial charge < -0.3 is 0 Å². The Hall–Kier alpha value is -2.40. The number of rotatable bonds is 5. The molecule has 1 heterocycles. The molecular formula is C19H17N3OS. The van der Waals surface area contributed by atoms with Crippen LogP contribution in [0.5, 0.6) is 0 Å². The number of hydrogen-bond acceptors (Lipinski definition) is 4. The number of thioether (sulfide) groups is 1. The van der Waals surface area contributed by atoms with Crippen molar-refractivity contribution in [3.8, 4) is 5.69 Å². The summed E-state index contributed by atoms with van der Waals surface area (Å²) in [7, 11) is 0. The fourth-order valence-corrected chi connectivity index (χ4v) is 3.87. The molecule has 0 atom stereocenters. The van der Waals surface area contributed by atoms with Crippen molar-refractivity contribution in [3.05, 3.63) is 71.5 Å². The Morgan fingerprint density at radius 2 is 1.92 bits per heavy atom. The molecule has 0 N–H and O–H groups in total. The van der Waals surface area contributed by atoms with Crippen LogP contribution in [0.4, 0.5) is 0 Å². The first kappa shape index (κ1) is 15.1. The predicted octanol–water partition coefficient (Wildman–Crippen LogP) is 3.73. The second-order valence-electron chi connectivity index (χ2n) is 5.87. The summed E-state index contributed by atoms with van der Waals surface area (Å²) in [4.78, 5) is 12.5. The van der Waals surface area contributed by atoms with Gasteiger partial charge in [0.2, 0.25) is 0 Å². The van der Waals surface area contributed by atoms with Gasteiger partial charge in [0.15, 0.2) is 10.9 Å². The number of fused-ring (bicyclic) bond motifs is 1. The number of carbonyl (C=O) groups excluding carboxylic acids is 1. The Bertz CT molecular complexity index is 873. The summed E-state index contributed by atoms with van der Waals surface area (Å²) in [5.41, 5.74) is 4.52. The summed E-state index contributed by atoms with van der Waals surface area (Å²) >= 11 is 1.42. The van der Waals surface area contributed by atoms with Gasteiger partial charge in [-0.25, -0.2) is 0 Å². The molecule has 0 bridgehead atoms. The number of aryl methyl sites for hydroxylation is 2. The minimum atomic E-state index is 0.136. The van der Waals surface area contributed by atoms with E-state index in [1.807, 2.05) is 41.0 Å². The average Bonchev–Trinajstić information content (AvgIpc) is 3.28. The van der Waals surface area contributed by atoms with Crippen molar-refractivity contribution in [2.75, 3.05) is 5.75 Å². The van der Waals surface area contributed by atoms with Crippen LogP contribution in [-0.2, 0) is 12.8 Å². The number of hydrogen-bond donors (Lipinski definition) is 0. The van der Waals surface area contributed by atoms with Gasteiger partial charge in [0.1, 0.15) is 6.33 Å². The molecule has 4 rings (SSSR count). The van der Waals surface area contributed by atoms with E-state index in [2.05, 4.69) is 22.3 Å². The number of carbonyl (C=O) groups is 1. The third kappa shape index (κ3) is 2.99. The van der Waals surface area contributed by atoms with E-state index in [4.69, 9.17) is 0 Å². The Kier molecular flexibility index (Phi) is 4.17. The fraction of sp³-hybridized carbons (Fsp3) is 0.211. The molecule has 4 nitrogen and oxygen atoms in total. The van der Waals surface area contributed by atoms with Gasteiger partial charge in [0.25, 0.3) is 0 Å². The third-order valence-electron chi connectivity index (χ3n) is 4.30. The molecule has 0 saturated heterocycles. The van der Waals surface area contributed by atoms with Crippen molar-refractivity contribution < 1.29 is 4.79 Å². The number of Topliss-reactive ketones (excluding diaryl/α,β-unsaturated/α-hetero) is 1. The van der Waals surface area contributed by atoms with Crippen LogP contribution in [0.1, 0.15) is 27.9 Å². The number of aromatic nitrogens is 3. The highest BCUT2D eigenvalue weighted by atomic mass is 32.2. The van der Waals surface area contributed by atoms with E-state index >= 15 is 0 Å². The van der Waals surface area contributed by atoms with Gasteiger partial charge in [-0.15, -0.1) is 10.2 Å².